The van der Waals surface area contributed by atoms with Crippen LogP contribution in [0.15, 0.2) is 47.4 Å². The van der Waals surface area contributed by atoms with Crippen molar-refractivity contribution in [1.29, 1.82) is 0 Å². The summed E-state index contributed by atoms with van der Waals surface area (Å²) < 4.78 is 63.8. The van der Waals surface area contributed by atoms with Crippen LogP contribution in [0.2, 0.25) is 0 Å². The highest BCUT2D eigenvalue weighted by Gasteiger charge is 2.29. The van der Waals surface area contributed by atoms with Crippen molar-refractivity contribution < 1.29 is 26.7 Å². The zero-order chi connectivity index (χ0) is 17.3. The van der Waals surface area contributed by atoms with Gasteiger partial charge in [-0.05, 0) is 24.3 Å². The number of para-hydroxylation sites is 2. The smallest absolute Gasteiger partial charge is 0.245 e. The van der Waals surface area contributed by atoms with Gasteiger partial charge in [-0.15, -0.1) is 0 Å². The van der Waals surface area contributed by atoms with Crippen LogP contribution in [-0.2, 0) is 10.0 Å². The van der Waals surface area contributed by atoms with Crippen molar-refractivity contribution in [2.75, 3.05) is 20.2 Å². The summed E-state index contributed by atoms with van der Waals surface area (Å²) in [5, 5.41) is 0. The van der Waals surface area contributed by atoms with Crippen molar-refractivity contribution in [1.82, 2.24) is 4.31 Å². The maximum atomic E-state index is 13.8. The number of benzene rings is 2. The van der Waals surface area contributed by atoms with Crippen LogP contribution in [0.5, 0.6) is 11.5 Å². The lowest BCUT2D eigenvalue weighted by molar-refractivity contribution is 0.0798. The number of hydrogen-bond donors (Lipinski definition) is 0. The average Bonchev–Trinajstić information content (AvgIpc) is 2.54. The normalized spacial score (nSPS) is 17.1. The van der Waals surface area contributed by atoms with Gasteiger partial charge in [-0.3, -0.25) is 0 Å². The summed E-state index contributed by atoms with van der Waals surface area (Å²) in [5.41, 5.74) is 0. The Bertz CT molecular complexity index is 857. The molecule has 2 aromatic carbocycles. The van der Waals surface area contributed by atoms with Crippen molar-refractivity contribution in [2.24, 2.45) is 0 Å². The second-order valence-corrected chi connectivity index (χ2v) is 7.37. The Balaban J connectivity index is 1.76. The van der Waals surface area contributed by atoms with Crippen LogP contribution in [0.25, 0.3) is 0 Å². The van der Waals surface area contributed by atoms with E-state index in [1.165, 1.54) is 7.05 Å². The molecule has 2 aromatic rings. The number of sulfonamides is 1. The van der Waals surface area contributed by atoms with E-state index in [1.807, 2.05) is 0 Å². The molecular weight excluding hydrogens is 340 g/mol. The molecule has 0 fully saturated rings. The number of fused-ring (bicyclic) bond motifs is 1. The fourth-order valence-electron chi connectivity index (χ4n) is 2.39. The number of hydrogen-bond acceptors (Lipinski definition) is 4. The topological polar surface area (TPSA) is 55.8 Å². The van der Waals surface area contributed by atoms with Gasteiger partial charge in [0, 0.05) is 13.1 Å². The Labute approximate surface area is 138 Å². The highest BCUT2D eigenvalue weighted by atomic mass is 32.2. The molecule has 0 saturated carbocycles. The molecule has 1 heterocycles. The van der Waals surface area contributed by atoms with Crippen molar-refractivity contribution in [3.63, 3.8) is 0 Å². The summed E-state index contributed by atoms with van der Waals surface area (Å²) in [7, 11) is -2.80. The van der Waals surface area contributed by atoms with Crippen LogP contribution in [0, 0.1) is 11.6 Å². The lowest BCUT2D eigenvalue weighted by Gasteiger charge is -2.29. The summed E-state index contributed by atoms with van der Waals surface area (Å²) in [6.07, 6.45) is -0.539. The Hall–Kier alpha value is -2.19. The van der Waals surface area contributed by atoms with Crippen molar-refractivity contribution in [2.45, 2.75) is 11.0 Å². The Morgan fingerprint density at radius 3 is 2.58 bits per heavy atom. The van der Waals surface area contributed by atoms with E-state index in [0.29, 0.717) is 17.6 Å². The van der Waals surface area contributed by atoms with Gasteiger partial charge in [0.15, 0.2) is 11.5 Å². The molecule has 0 aliphatic carbocycles. The minimum Gasteiger partial charge on any atom is -0.486 e. The first kappa shape index (κ1) is 16.7. The largest absolute Gasteiger partial charge is 0.486 e. The van der Waals surface area contributed by atoms with Crippen LogP contribution in [0.4, 0.5) is 8.78 Å². The molecule has 0 N–H and O–H groups in total. The highest BCUT2D eigenvalue weighted by Crippen LogP contribution is 2.31. The van der Waals surface area contributed by atoms with Crippen LogP contribution in [-0.4, -0.2) is 39.0 Å². The number of rotatable bonds is 4. The third-order valence-corrected chi connectivity index (χ3v) is 5.47. The SMILES string of the molecule is CN(CC1COc2ccccc2O1)S(=O)(=O)c1ccc(F)cc1F. The van der Waals surface area contributed by atoms with Gasteiger partial charge in [-0.25, -0.2) is 17.2 Å². The molecule has 1 unspecified atom stereocenters. The van der Waals surface area contributed by atoms with Gasteiger partial charge in [-0.1, -0.05) is 12.1 Å². The molecule has 0 aromatic heterocycles. The summed E-state index contributed by atoms with van der Waals surface area (Å²) in [5.74, 6) is -0.862. The molecule has 5 nitrogen and oxygen atoms in total. The minimum atomic E-state index is -4.11. The highest BCUT2D eigenvalue weighted by molar-refractivity contribution is 7.89. The third kappa shape index (κ3) is 3.20. The number of nitrogens with zero attached hydrogens (tertiary/aromatic N) is 1. The van der Waals surface area contributed by atoms with Gasteiger partial charge < -0.3 is 9.47 Å². The lowest BCUT2D eigenvalue weighted by atomic mass is 10.2. The molecule has 24 heavy (non-hydrogen) atoms. The Morgan fingerprint density at radius 1 is 1.17 bits per heavy atom. The Morgan fingerprint density at radius 2 is 1.88 bits per heavy atom. The number of ether oxygens (including phenoxy) is 2. The summed E-state index contributed by atoms with van der Waals surface area (Å²) >= 11 is 0. The van der Waals surface area contributed by atoms with Crippen LogP contribution >= 0.6 is 0 Å². The Kier molecular flexibility index (Phi) is 4.42. The van der Waals surface area contributed by atoms with E-state index in [2.05, 4.69) is 0 Å². The van der Waals surface area contributed by atoms with Crippen LogP contribution < -0.4 is 9.47 Å². The minimum absolute atomic E-state index is 0.0342. The molecule has 0 spiro atoms. The fraction of sp³-hybridized carbons (Fsp3) is 0.250. The molecule has 128 valence electrons. The predicted molar refractivity (Wildman–Crippen MR) is 82.5 cm³/mol. The first-order valence-electron chi connectivity index (χ1n) is 7.18. The molecule has 0 radical (unpaired) electrons. The third-order valence-electron chi connectivity index (χ3n) is 3.61. The van der Waals surface area contributed by atoms with Crippen LogP contribution in [0.3, 0.4) is 0 Å². The fourth-order valence-corrected chi connectivity index (χ4v) is 3.63. The summed E-state index contributed by atoms with van der Waals surface area (Å²) in [6, 6.07) is 9.40. The zero-order valence-electron chi connectivity index (χ0n) is 12.8. The standard InChI is InChI=1S/C16H15F2NO4S/c1-19(24(20,21)16-7-6-11(17)8-13(16)18)9-12-10-22-14-4-2-3-5-15(14)23-12/h2-8,12H,9-10H2,1H3. The average molecular weight is 355 g/mol. The van der Waals surface area contributed by atoms with Gasteiger partial charge in [0.05, 0.1) is 6.54 Å². The molecule has 1 aliphatic rings. The van der Waals surface area contributed by atoms with Crippen molar-refractivity contribution in [3.8, 4) is 11.5 Å². The molecular formula is C16H15F2NO4S. The second-order valence-electron chi connectivity index (χ2n) is 5.36. The molecule has 0 amide bonds. The van der Waals surface area contributed by atoms with E-state index < -0.39 is 32.7 Å². The van der Waals surface area contributed by atoms with E-state index in [9.17, 15) is 17.2 Å². The van der Waals surface area contributed by atoms with Gasteiger partial charge in [0.25, 0.3) is 0 Å². The van der Waals surface area contributed by atoms with Gasteiger partial charge in [0.2, 0.25) is 10.0 Å². The molecule has 0 saturated heterocycles. The van der Waals surface area contributed by atoms with E-state index in [4.69, 9.17) is 9.47 Å². The quantitative estimate of drug-likeness (QED) is 0.845. The first-order chi connectivity index (χ1) is 11.4. The zero-order valence-corrected chi connectivity index (χ0v) is 13.6. The predicted octanol–water partition coefficient (Wildman–Crippen LogP) is 2.43. The van der Waals surface area contributed by atoms with Crippen molar-refractivity contribution in [3.05, 3.63) is 54.1 Å². The van der Waals surface area contributed by atoms with Gasteiger partial charge >= 0.3 is 0 Å². The molecule has 8 heteroatoms. The lowest BCUT2D eigenvalue weighted by Crippen LogP contribution is -2.41. The molecule has 1 aliphatic heterocycles. The van der Waals surface area contributed by atoms with E-state index >= 15 is 0 Å². The van der Waals surface area contributed by atoms with E-state index in [0.717, 1.165) is 16.4 Å². The molecule has 0 bridgehead atoms. The molecule has 3 rings (SSSR count). The maximum absolute atomic E-state index is 13.8. The monoisotopic (exact) mass is 355 g/mol. The summed E-state index contributed by atoms with van der Waals surface area (Å²) in [6.45, 7) is 0.135. The van der Waals surface area contributed by atoms with Gasteiger partial charge in [-0.2, -0.15) is 4.31 Å². The first-order valence-corrected chi connectivity index (χ1v) is 8.62. The number of halogens is 2. The van der Waals surface area contributed by atoms with Gasteiger partial charge in [0.1, 0.15) is 29.2 Å². The molecule has 1 atom stereocenters. The van der Waals surface area contributed by atoms with Crippen LogP contribution in [0.1, 0.15) is 0 Å². The maximum Gasteiger partial charge on any atom is 0.245 e. The second kappa shape index (κ2) is 6.37. The summed E-state index contributed by atoms with van der Waals surface area (Å²) in [4.78, 5) is -0.580. The number of likely N-dealkylation sites (N-methyl/N-ethyl adjacent to an activating group) is 1. The van der Waals surface area contributed by atoms with E-state index in [-0.39, 0.29) is 13.2 Å². The van der Waals surface area contributed by atoms with E-state index in [1.54, 1.807) is 24.3 Å². The van der Waals surface area contributed by atoms with Crippen molar-refractivity contribution >= 4 is 10.0 Å².